The third-order valence-electron chi connectivity index (χ3n) is 5.05. The van der Waals surface area contributed by atoms with Crippen molar-refractivity contribution >= 4 is 0 Å². The first kappa shape index (κ1) is 14.0. The van der Waals surface area contributed by atoms with Gasteiger partial charge in [-0.3, -0.25) is 4.90 Å². The van der Waals surface area contributed by atoms with E-state index >= 15 is 0 Å². The second kappa shape index (κ2) is 5.86. The predicted octanol–water partition coefficient (Wildman–Crippen LogP) is 3.20. The molecule has 1 aliphatic carbocycles. The van der Waals surface area contributed by atoms with Gasteiger partial charge in [0.25, 0.3) is 0 Å². The Balaban J connectivity index is 1.44. The fourth-order valence-electron chi connectivity index (χ4n) is 4.11. The lowest BCUT2D eigenvalue weighted by molar-refractivity contribution is -0.0182. The Hall–Kier alpha value is -1.65. The van der Waals surface area contributed by atoms with Crippen LogP contribution in [0.4, 0.5) is 0 Å². The number of hydrogen-bond acceptors (Lipinski definition) is 4. The van der Waals surface area contributed by atoms with Crippen molar-refractivity contribution in [3.8, 4) is 11.5 Å². The number of rotatable bonds is 4. The highest BCUT2D eigenvalue weighted by molar-refractivity contribution is 5.52. The van der Waals surface area contributed by atoms with Crippen molar-refractivity contribution in [1.29, 1.82) is 0 Å². The Bertz CT molecular complexity index is 611. The van der Waals surface area contributed by atoms with Crippen molar-refractivity contribution in [3.05, 3.63) is 42.3 Å². The summed E-state index contributed by atoms with van der Waals surface area (Å²) >= 11 is 0. The van der Waals surface area contributed by atoms with E-state index in [-0.39, 0.29) is 0 Å². The number of methoxy groups -OCH3 is 1. The van der Waals surface area contributed by atoms with Crippen molar-refractivity contribution in [2.24, 2.45) is 11.8 Å². The number of fused-ring (bicyclic) bond motifs is 2. The fraction of sp³-hybridized carbons (Fsp3) is 0.500. The number of nitrogens with zero attached hydrogens (tertiary/aromatic N) is 2. The zero-order chi connectivity index (χ0) is 14.9. The standard InChI is InChI=1S/C18H22N2O2/c1-21-17-14-7-8-15(17)10-20(9-14)11-16-12-22-18(19-16)13-5-3-2-4-6-13/h2-6,12,14-15,17H,7-11H2,1H3/t14-,15+,17?. The van der Waals surface area contributed by atoms with E-state index in [4.69, 9.17) is 9.15 Å². The molecule has 2 bridgehead atoms. The third-order valence-corrected chi connectivity index (χ3v) is 5.05. The monoisotopic (exact) mass is 298 g/mol. The summed E-state index contributed by atoms with van der Waals surface area (Å²) < 4.78 is 11.3. The van der Waals surface area contributed by atoms with E-state index in [0.717, 1.165) is 30.9 Å². The topological polar surface area (TPSA) is 38.5 Å². The van der Waals surface area contributed by atoms with Crippen molar-refractivity contribution < 1.29 is 9.15 Å². The lowest BCUT2D eigenvalue weighted by Crippen LogP contribution is -2.45. The summed E-state index contributed by atoms with van der Waals surface area (Å²) in [6.07, 6.45) is 4.86. The van der Waals surface area contributed by atoms with E-state index in [9.17, 15) is 0 Å². The first-order valence-electron chi connectivity index (χ1n) is 8.08. The zero-order valence-corrected chi connectivity index (χ0v) is 12.9. The zero-order valence-electron chi connectivity index (χ0n) is 12.9. The molecular weight excluding hydrogens is 276 g/mol. The largest absolute Gasteiger partial charge is 0.444 e. The van der Waals surface area contributed by atoms with Crippen molar-refractivity contribution in [2.75, 3.05) is 20.2 Å². The van der Waals surface area contributed by atoms with Gasteiger partial charge in [-0.25, -0.2) is 4.98 Å². The molecule has 1 aliphatic heterocycles. The summed E-state index contributed by atoms with van der Waals surface area (Å²) in [5.74, 6) is 2.08. The molecule has 1 saturated heterocycles. The molecule has 1 unspecified atom stereocenters. The van der Waals surface area contributed by atoms with Gasteiger partial charge in [0.05, 0.1) is 11.8 Å². The van der Waals surface area contributed by atoms with Crippen LogP contribution < -0.4 is 0 Å². The molecule has 3 atom stereocenters. The molecule has 1 aromatic carbocycles. The number of piperidine rings is 1. The molecule has 1 aromatic heterocycles. The molecule has 0 spiro atoms. The van der Waals surface area contributed by atoms with Gasteiger partial charge in [-0.15, -0.1) is 0 Å². The molecular formula is C18H22N2O2. The van der Waals surface area contributed by atoms with Crippen LogP contribution in [0, 0.1) is 11.8 Å². The molecule has 4 heteroatoms. The normalized spacial score (nSPS) is 28.1. The summed E-state index contributed by atoms with van der Waals surface area (Å²) in [4.78, 5) is 7.15. The third kappa shape index (κ3) is 2.57. The summed E-state index contributed by atoms with van der Waals surface area (Å²) in [6.45, 7) is 3.10. The minimum atomic E-state index is 0.466. The molecule has 4 rings (SSSR count). The maximum atomic E-state index is 5.68. The molecule has 0 amide bonds. The Kier molecular flexibility index (Phi) is 3.72. The summed E-state index contributed by atoms with van der Waals surface area (Å²) in [5, 5.41) is 0. The SMILES string of the molecule is COC1[C@@H]2CC[C@H]1CN(Cc1coc(-c3ccccc3)n1)C2. The average Bonchev–Trinajstić information content (AvgIpc) is 3.11. The second-order valence-electron chi connectivity index (χ2n) is 6.50. The van der Waals surface area contributed by atoms with Crippen LogP contribution in [0.25, 0.3) is 11.5 Å². The lowest BCUT2D eigenvalue weighted by Gasteiger charge is -2.36. The van der Waals surface area contributed by atoms with E-state index in [1.54, 1.807) is 6.26 Å². The maximum Gasteiger partial charge on any atom is 0.226 e. The molecule has 2 heterocycles. The number of hydrogen-bond donors (Lipinski definition) is 0. The maximum absolute atomic E-state index is 5.68. The van der Waals surface area contributed by atoms with Gasteiger partial charge in [-0.2, -0.15) is 0 Å². The molecule has 2 aliphatic rings. The van der Waals surface area contributed by atoms with E-state index in [0.29, 0.717) is 23.8 Å². The van der Waals surface area contributed by atoms with Crippen LogP contribution in [0.3, 0.4) is 0 Å². The molecule has 22 heavy (non-hydrogen) atoms. The van der Waals surface area contributed by atoms with E-state index in [1.807, 2.05) is 37.4 Å². The Labute approximate surface area is 131 Å². The molecule has 0 radical (unpaired) electrons. The van der Waals surface area contributed by atoms with Crippen molar-refractivity contribution in [1.82, 2.24) is 9.88 Å². The van der Waals surface area contributed by atoms with Crippen LogP contribution in [0.15, 0.2) is 41.0 Å². The van der Waals surface area contributed by atoms with Gasteiger partial charge in [0.2, 0.25) is 5.89 Å². The molecule has 0 N–H and O–H groups in total. The summed E-state index contributed by atoms with van der Waals surface area (Å²) in [7, 11) is 1.86. The predicted molar refractivity (Wildman–Crippen MR) is 84.2 cm³/mol. The second-order valence-corrected chi connectivity index (χ2v) is 6.50. The summed E-state index contributed by atoms with van der Waals surface area (Å²) in [5.41, 5.74) is 2.06. The molecule has 4 nitrogen and oxygen atoms in total. The quantitative estimate of drug-likeness (QED) is 0.869. The van der Waals surface area contributed by atoms with E-state index in [1.165, 1.54) is 12.8 Å². The lowest BCUT2D eigenvalue weighted by atomic mass is 9.95. The minimum Gasteiger partial charge on any atom is -0.444 e. The van der Waals surface area contributed by atoms with Crippen LogP contribution in [0.1, 0.15) is 18.5 Å². The van der Waals surface area contributed by atoms with E-state index < -0.39 is 0 Å². The van der Waals surface area contributed by atoms with E-state index in [2.05, 4.69) is 9.88 Å². The number of likely N-dealkylation sites (tertiary alicyclic amines) is 1. The molecule has 1 saturated carbocycles. The number of aromatic nitrogens is 1. The van der Waals surface area contributed by atoms with Gasteiger partial charge < -0.3 is 9.15 Å². The highest BCUT2D eigenvalue weighted by Gasteiger charge is 2.42. The Morgan fingerprint density at radius 3 is 2.59 bits per heavy atom. The Morgan fingerprint density at radius 2 is 1.91 bits per heavy atom. The minimum absolute atomic E-state index is 0.466. The van der Waals surface area contributed by atoms with Gasteiger partial charge in [0.1, 0.15) is 6.26 Å². The van der Waals surface area contributed by atoms with Gasteiger partial charge >= 0.3 is 0 Å². The van der Waals surface area contributed by atoms with Crippen LogP contribution >= 0.6 is 0 Å². The smallest absolute Gasteiger partial charge is 0.226 e. The highest BCUT2D eigenvalue weighted by Crippen LogP contribution is 2.39. The van der Waals surface area contributed by atoms with Gasteiger partial charge in [0.15, 0.2) is 0 Å². The van der Waals surface area contributed by atoms with Crippen LogP contribution in [0.5, 0.6) is 0 Å². The number of oxazole rings is 1. The van der Waals surface area contributed by atoms with Crippen molar-refractivity contribution in [2.45, 2.75) is 25.5 Å². The average molecular weight is 298 g/mol. The molecule has 2 fully saturated rings. The van der Waals surface area contributed by atoms with Gasteiger partial charge in [-0.05, 0) is 36.8 Å². The molecule has 116 valence electrons. The first-order chi connectivity index (χ1) is 10.8. The highest BCUT2D eigenvalue weighted by atomic mass is 16.5. The van der Waals surface area contributed by atoms with Crippen LogP contribution in [0.2, 0.25) is 0 Å². The Morgan fingerprint density at radius 1 is 1.18 bits per heavy atom. The van der Waals surface area contributed by atoms with Crippen LogP contribution in [-0.4, -0.2) is 36.2 Å². The first-order valence-corrected chi connectivity index (χ1v) is 8.08. The fourth-order valence-corrected chi connectivity index (χ4v) is 4.11. The molecule has 2 aromatic rings. The summed E-state index contributed by atoms with van der Waals surface area (Å²) in [6, 6.07) is 10.1. The number of benzene rings is 1. The van der Waals surface area contributed by atoms with Crippen LogP contribution in [-0.2, 0) is 11.3 Å². The number of ether oxygens (including phenoxy) is 1. The van der Waals surface area contributed by atoms with Gasteiger partial charge in [-0.1, -0.05) is 18.2 Å². The van der Waals surface area contributed by atoms with Crippen molar-refractivity contribution in [3.63, 3.8) is 0 Å². The van der Waals surface area contributed by atoms with Gasteiger partial charge in [0, 0.05) is 32.3 Å².